The maximum Gasteiger partial charge on any atom is 0.416 e. The van der Waals surface area contributed by atoms with Crippen molar-refractivity contribution in [1.82, 2.24) is 0 Å². The molecule has 0 atom stereocenters. The molecule has 2 aromatic carbocycles. The molecule has 2 rings (SSSR count). The lowest BCUT2D eigenvalue weighted by Crippen LogP contribution is -2.36. The van der Waals surface area contributed by atoms with Crippen LogP contribution in [0.3, 0.4) is 0 Å². The van der Waals surface area contributed by atoms with Gasteiger partial charge in [-0.3, -0.25) is 9.10 Å². The van der Waals surface area contributed by atoms with E-state index in [2.05, 4.69) is 0 Å². The number of carboxylic acids is 1. The molecule has 0 unspecified atom stereocenters. The summed E-state index contributed by atoms with van der Waals surface area (Å²) in [6, 6.07) is 7.06. The quantitative estimate of drug-likeness (QED) is 0.706. The number of benzene rings is 2. The first-order valence-corrected chi connectivity index (χ1v) is 9.62. The lowest BCUT2D eigenvalue weighted by molar-refractivity contribution is -0.137. The van der Waals surface area contributed by atoms with Crippen molar-refractivity contribution in [2.45, 2.75) is 18.0 Å². The number of carbonyl (C=O) groups is 1. The van der Waals surface area contributed by atoms with Crippen LogP contribution in [0.2, 0.25) is 5.02 Å². The highest BCUT2D eigenvalue weighted by atomic mass is 35.5. The van der Waals surface area contributed by atoms with Gasteiger partial charge in [0.1, 0.15) is 12.3 Å². The van der Waals surface area contributed by atoms with E-state index in [0.717, 1.165) is 18.2 Å². The van der Waals surface area contributed by atoms with Gasteiger partial charge in [-0.2, -0.15) is 13.2 Å². The van der Waals surface area contributed by atoms with Crippen molar-refractivity contribution in [3.63, 3.8) is 0 Å². The summed E-state index contributed by atoms with van der Waals surface area (Å²) in [6.45, 7) is 0.961. The maximum absolute atomic E-state index is 13.0. The van der Waals surface area contributed by atoms with E-state index < -0.39 is 40.0 Å². The van der Waals surface area contributed by atoms with Gasteiger partial charge in [0.25, 0.3) is 10.0 Å². The van der Waals surface area contributed by atoms with Gasteiger partial charge < -0.3 is 9.84 Å². The van der Waals surface area contributed by atoms with Gasteiger partial charge in [0.2, 0.25) is 0 Å². The molecule has 0 heterocycles. The minimum Gasteiger partial charge on any atom is -0.494 e. The molecular weight excluding hydrogens is 423 g/mol. The third-order valence-electron chi connectivity index (χ3n) is 3.54. The summed E-state index contributed by atoms with van der Waals surface area (Å²) >= 11 is 5.90. The molecule has 0 saturated heterocycles. The molecule has 0 saturated carbocycles. The Labute approximate surface area is 164 Å². The number of anilines is 1. The second-order valence-electron chi connectivity index (χ2n) is 5.47. The fourth-order valence-corrected chi connectivity index (χ4v) is 4.00. The second-order valence-corrected chi connectivity index (χ2v) is 7.74. The summed E-state index contributed by atoms with van der Waals surface area (Å²) in [4.78, 5) is 10.9. The molecule has 0 fully saturated rings. The van der Waals surface area contributed by atoms with Crippen LogP contribution in [0.4, 0.5) is 18.9 Å². The normalized spacial score (nSPS) is 11.9. The zero-order valence-corrected chi connectivity index (χ0v) is 16.0. The van der Waals surface area contributed by atoms with E-state index in [-0.39, 0.29) is 9.92 Å². The fraction of sp³-hybridized carbons (Fsp3) is 0.235. The van der Waals surface area contributed by atoms with Crippen LogP contribution in [0, 0.1) is 0 Å². The number of hydrogen-bond acceptors (Lipinski definition) is 4. The van der Waals surface area contributed by atoms with Gasteiger partial charge in [-0.05, 0) is 49.4 Å². The first-order valence-electron chi connectivity index (χ1n) is 7.81. The van der Waals surface area contributed by atoms with Gasteiger partial charge in [-0.15, -0.1) is 0 Å². The lowest BCUT2D eigenvalue weighted by atomic mass is 10.2. The Bertz CT molecular complexity index is 962. The van der Waals surface area contributed by atoms with Gasteiger partial charge >= 0.3 is 12.1 Å². The van der Waals surface area contributed by atoms with E-state index >= 15 is 0 Å². The van der Waals surface area contributed by atoms with Crippen molar-refractivity contribution < 1.29 is 36.2 Å². The number of alkyl halides is 3. The van der Waals surface area contributed by atoms with Gasteiger partial charge in [0.15, 0.2) is 0 Å². The molecule has 0 aliphatic rings. The van der Waals surface area contributed by atoms with Crippen LogP contribution in [0.5, 0.6) is 5.75 Å². The molecule has 0 aromatic heterocycles. The summed E-state index contributed by atoms with van der Waals surface area (Å²) in [5.41, 5.74) is -1.75. The number of halogens is 4. The molecule has 152 valence electrons. The van der Waals surface area contributed by atoms with Crippen LogP contribution in [0.15, 0.2) is 47.4 Å². The van der Waals surface area contributed by atoms with E-state index in [9.17, 15) is 26.4 Å². The minimum atomic E-state index is -4.77. The number of ether oxygens (including phenoxy) is 1. The number of sulfonamides is 1. The molecule has 1 N–H and O–H groups in total. The Morgan fingerprint density at radius 1 is 1.18 bits per heavy atom. The van der Waals surface area contributed by atoms with Gasteiger partial charge in [0.05, 0.1) is 27.8 Å². The number of carboxylic acid groups (broad SMARTS) is 1. The fourth-order valence-electron chi connectivity index (χ4n) is 2.30. The predicted octanol–water partition coefficient (Wildman–Crippen LogP) is 4.04. The second kappa shape index (κ2) is 8.27. The summed E-state index contributed by atoms with van der Waals surface area (Å²) in [5, 5.41) is 8.75. The van der Waals surface area contributed by atoms with Gasteiger partial charge in [-0.25, -0.2) is 8.42 Å². The van der Waals surface area contributed by atoms with E-state index in [0.29, 0.717) is 28.8 Å². The van der Waals surface area contributed by atoms with E-state index in [4.69, 9.17) is 21.4 Å². The summed E-state index contributed by atoms with van der Waals surface area (Å²) in [5.74, 6) is -1.19. The molecule has 0 amide bonds. The van der Waals surface area contributed by atoms with Crippen molar-refractivity contribution in [1.29, 1.82) is 0 Å². The maximum atomic E-state index is 13.0. The Kier molecular flexibility index (Phi) is 6.45. The van der Waals surface area contributed by atoms with Crippen LogP contribution in [0.25, 0.3) is 0 Å². The molecular formula is C17H15ClF3NO5S. The molecule has 0 radical (unpaired) electrons. The number of hydrogen-bond donors (Lipinski definition) is 1. The van der Waals surface area contributed by atoms with Crippen molar-refractivity contribution in [2.75, 3.05) is 17.5 Å². The Morgan fingerprint density at radius 3 is 2.29 bits per heavy atom. The Morgan fingerprint density at radius 2 is 1.79 bits per heavy atom. The number of aliphatic carboxylic acids is 1. The van der Waals surface area contributed by atoms with Crippen molar-refractivity contribution in [2.24, 2.45) is 0 Å². The molecule has 11 heteroatoms. The van der Waals surface area contributed by atoms with Crippen LogP contribution in [-0.4, -0.2) is 32.6 Å². The van der Waals surface area contributed by atoms with E-state index in [1.165, 1.54) is 12.1 Å². The highest BCUT2D eigenvalue weighted by Gasteiger charge is 2.34. The summed E-state index contributed by atoms with van der Waals surface area (Å²) in [7, 11) is -4.52. The first-order chi connectivity index (χ1) is 13.0. The SMILES string of the molecule is CCOc1ccc(S(=O)(=O)N(CC(=O)O)c2cc(C(F)(F)F)ccc2Cl)cc1. The predicted molar refractivity (Wildman–Crippen MR) is 96.2 cm³/mol. The first kappa shape index (κ1) is 21.8. The van der Waals surface area contributed by atoms with Gasteiger partial charge in [0, 0.05) is 0 Å². The van der Waals surface area contributed by atoms with E-state index in [1.54, 1.807) is 6.92 Å². The molecule has 2 aromatic rings. The summed E-state index contributed by atoms with van der Waals surface area (Å²) in [6.07, 6.45) is -4.77. The number of rotatable bonds is 7. The molecule has 0 aliphatic carbocycles. The minimum absolute atomic E-state index is 0.322. The smallest absolute Gasteiger partial charge is 0.416 e. The lowest BCUT2D eigenvalue weighted by Gasteiger charge is -2.24. The topological polar surface area (TPSA) is 83.9 Å². The van der Waals surface area contributed by atoms with Crippen molar-refractivity contribution in [3.8, 4) is 5.75 Å². The third-order valence-corrected chi connectivity index (χ3v) is 5.64. The molecule has 0 aliphatic heterocycles. The third kappa shape index (κ3) is 4.87. The highest BCUT2D eigenvalue weighted by molar-refractivity contribution is 7.92. The Hall–Kier alpha value is -2.46. The van der Waals surface area contributed by atoms with Crippen molar-refractivity contribution in [3.05, 3.63) is 53.1 Å². The van der Waals surface area contributed by atoms with Crippen LogP contribution in [0.1, 0.15) is 12.5 Å². The van der Waals surface area contributed by atoms with Crippen molar-refractivity contribution >= 4 is 33.3 Å². The summed E-state index contributed by atoms with van der Waals surface area (Å²) < 4.78 is 70.5. The number of nitrogens with zero attached hydrogens (tertiary/aromatic N) is 1. The Balaban J connectivity index is 2.58. The van der Waals surface area contributed by atoms with Crippen LogP contribution >= 0.6 is 11.6 Å². The standard InChI is InChI=1S/C17H15ClF3NO5S/c1-2-27-12-4-6-13(7-5-12)28(25,26)22(10-16(23)24)15-9-11(17(19,20)21)3-8-14(15)18/h3-9H,2,10H2,1H3,(H,23,24). The average Bonchev–Trinajstić information content (AvgIpc) is 2.60. The van der Waals surface area contributed by atoms with Gasteiger partial charge in [-0.1, -0.05) is 11.6 Å². The largest absolute Gasteiger partial charge is 0.494 e. The molecule has 6 nitrogen and oxygen atoms in total. The van der Waals surface area contributed by atoms with Crippen LogP contribution < -0.4 is 9.04 Å². The zero-order chi connectivity index (χ0) is 21.1. The molecule has 28 heavy (non-hydrogen) atoms. The van der Waals surface area contributed by atoms with E-state index in [1.807, 2.05) is 0 Å². The van der Waals surface area contributed by atoms with Crippen LogP contribution in [-0.2, 0) is 21.0 Å². The highest BCUT2D eigenvalue weighted by Crippen LogP contribution is 2.37. The molecule has 0 bridgehead atoms. The monoisotopic (exact) mass is 437 g/mol. The zero-order valence-electron chi connectivity index (χ0n) is 14.4. The average molecular weight is 438 g/mol. The molecule has 0 spiro atoms.